The number of esters is 1. The summed E-state index contributed by atoms with van der Waals surface area (Å²) in [5, 5.41) is 0.488. The van der Waals surface area contributed by atoms with E-state index in [-0.39, 0.29) is 10.5 Å². The van der Waals surface area contributed by atoms with Gasteiger partial charge in [-0.15, -0.1) is 0 Å². The molecule has 0 bridgehead atoms. The summed E-state index contributed by atoms with van der Waals surface area (Å²) in [7, 11) is -2.45. The predicted octanol–water partition coefficient (Wildman–Crippen LogP) is 4.20. The number of hydrogen-bond donors (Lipinski definition) is 0. The van der Waals surface area contributed by atoms with E-state index in [0.29, 0.717) is 16.3 Å². The first-order valence-electron chi connectivity index (χ1n) is 8.89. The summed E-state index contributed by atoms with van der Waals surface area (Å²) in [5.74, 6) is -1.19. The van der Waals surface area contributed by atoms with Crippen molar-refractivity contribution >= 4 is 39.1 Å². The van der Waals surface area contributed by atoms with Gasteiger partial charge < -0.3 is 4.74 Å². The topological polar surface area (TPSA) is 80.8 Å². The second-order valence-corrected chi connectivity index (χ2v) is 8.75. The molecule has 0 saturated heterocycles. The first kappa shape index (κ1) is 21.5. The number of carbonyl (C=O) groups excluding carboxylic acids is 2. The first-order valence-corrected chi connectivity index (χ1v) is 10.7. The molecule has 0 unspecified atom stereocenters. The van der Waals surface area contributed by atoms with Crippen molar-refractivity contribution in [1.29, 1.82) is 0 Å². The largest absolute Gasteiger partial charge is 0.454 e. The Morgan fingerprint density at radius 1 is 0.900 bits per heavy atom. The van der Waals surface area contributed by atoms with Crippen molar-refractivity contribution in [2.75, 3.05) is 18.0 Å². The molecule has 3 aromatic rings. The summed E-state index contributed by atoms with van der Waals surface area (Å²) in [6, 6.07) is 20.3. The Morgan fingerprint density at radius 3 is 2.23 bits per heavy atom. The minimum absolute atomic E-state index is 0.0291. The highest BCUT2D eigenvalue weighted by Crippen LogP contribution is 2.22. The number of rotatable bonds is 7. The van der Waals surface area contributed by atoms with Crippen LogP contribution in [0.5, 0.6) is 0 Å². The number of hydrogen-bond acceptors (Lipinski definition) is 5. The molecule has 0 atom stereocenters. The molecule has 8 heteroatoms. The number of Topliss-reactive ketones (excluding diaryl/α,β-unsaturated/α-hetero) is 1. The second kappa shape index (κ2) is 9.11. The summed E-state index contributed by atoms with van der Waals surface area (Å²) >= 11 is 5.79. The van der Waals surface area contributed by atoms with Crippen molar-refractivity contribution in [1.82, 2.24) is 0 Å². The van der Waals surface area contributed by atoms with Crippen LogP contribution in [-0.4, -0.2) is 33.8 Å². The lowest BCUT2D eigenvalue weighted by atomic mass is 10.1. The number of benzene rings is 3. The molecule has 0 saturated carbocycles. The number of ether oxygens (including phenoxy) is 1. The highest BCUT2D eigenvalue weighted by atomic mass is 35.5. The Labute approximate surface area is 179 Å². The molecular formula is C22H18ClNO5S. The van der Waals surface area contributed by atoms with E-state index in [4.69, 9.17) is 16.3 Å². The zero-order valence-electron chi connectivity index (χ0n) is 16.0. The van der Waals surface area contributed by atoms with Crippen molar-refractivity contribution in [3.8, 4) is 0 Å². The van der Waals surface area contributed by atoms with Crippen LogP contribution in [0.3, 0.4) is 0 Å². The normalized spacial score (nSPS) is 11.0. The van der Waals surface area contributed by atoms with Crippen LogP contribution < -0.4 is 4.31 Å². The SMILES string of the molecule is CN(c1ccccc1)S(=O)(=O)c1cccc(C(=O)OCC(=O)c2ccc(Cl)cc2)c1. The average molecular weight is 444 g/mol. The first-order chi connectivity index (χ1) is 14.3. The molecular weight excluding hydrogens is 426 g/mol. The Hall–Kier alpha value is -3.16. The molecule has 3 rings (SSSR count). The molecule has 30 heavy (non-hydrogen) atoms. The van der Waals surface area contributed by atoms with Gasteiger partial charge in [-0.3, -0.25) is 9.10 Å². The summed E-state index contributed by atoms with van der Waals surface area (Å²) in [4.78, 5) is 24.4. The smallest absolute Gasteiger partial charge is 0.338 e. The lowest BCUT2D eigenvalue weighted by molar-refractivity contribution is 0.0474. The van der Waals surface area contributed by atoms with E-state index in [1.807, 2.05) is 0 Å². The minimum atomic E-state index is -3.88. The molecule has 0 aliphatic carbocycles. The van der Waals surface area contributed by atoms with Gasteiger partial charge in [-0.2, -0.15) is 0 Å². The third-order valence-corrected chi connectivity index (χ3v) is 6.38. The Bertz CT molecular complexity index is 1160. The lowest BCUT2D eigenvalue weighted by Crippen LogP contribution is -2.26. The summed E-state index contributed by atoms with van der Waals surface area (Å²) < 4.78 is 32.0. The zero-order valence-corrected chi connectivity index (χ0v) is 17.6. The molecule has 0 N–H and O–H groups in total. The molecule has 6 nitrogen and oxygen atoms in total. The van der Waals surface area contributed by atoms with Crippen molar-refractivity contribution in [3.05, 3.63) is 95.0 Å². The van der Waals surface area contributed by atoms with Gasteiger partial charge in [0.15, 0.2) is 12.4 Å². The van der Waals surface area contributed by atoms with Gasteiger partial charge >= 0.3 is 5.97 Å². The van der Waals surface area contributed by atoms with Gasteiger partial charge in [-0.1, -0.05) is 35.9 Å². The Kier molecular flexibility index (Phi) is 6.54. The quantitative estimate of drug-likeness (QED) is 0.403. The van der Waals surface area contributed by atoms with E-state index >= 15 is 0 Å². The lowest BCUT2D eigenvalue weighted by Gasteiger charge is -2.19. The summed E-state index contributed by atoms with van der Waals surface area (Å²) in [5.41, 5.74) is 0.869. The van der Waals surface area contributed by atoms with Gasteiger partial charge in [0.2, 0.25) is 0 Å². The fraction of sp³-hybridized carbons (Fsp3) is 0.0909. The van der Waals surface area contributed by atoms with E-state index in [1.54, 1.807) is 42.5 Å². The Balaban J connectivity index is 1.73. The van der Waals surface area contributed by atoms with E-state index < -0.39 is 28.4 Å². The van der Waals surface area contributed by atoms with Crippen LogP contribution >= 0.6 is 11.6 Å². The van der Waals surface area contributed by atoms with E-state index in [9.17, 15) is 18.0 Å². The molecule has 0 amide bonds. The van der Waals surface area contributed by atoms with E-state index in [2.05, 4.69) is 0 Å². The number of carbonyl (C=O) groups is 2. The number of nitrogens with zero attached hydrogens (tertiary/aromatic N) is 1. The van der Waals surface area contributed by atoms with E-state index in [1.165, 1.54) is 43.4 Å². The van der Waals surface area contributed by atoms with Crippen LogP contribution in [0, 0.1) is 0 Å². The molecule has 0 radical (unpaired) electrons. The molecule has 0 aromatic heterocycles. The van der Waals surface area contributed by atoms with Gasteiger partial charge in [0.25, 0.3) is 10.0 Å². The van der Waals surface area contributed by atoms with Crippen LogP contribution in [0.4, 0.5) is 5.69 Å². The predicted molar refractivity (Wildman–Crippen MR) is 115 cm³/mol. The van der Waals surface area contributed by atoms with Gasteiger partial charge in [0.1, 0.15) is 0 Å². The van der Waals surface area contributed by atoms with Crippen LogP contribution in [0.15, 0.2) is 83.8 Å². The fourth-order valence-electron chi connectivity index (χ4n) is 2.65. The molecule has 3 aromatic carbocycles. The third kappa shape index (κ3) is 4.87. The Morgan fingerprint density at radius 2 is 1.57 bits per heavy atom. The van der Waals surface area contributed by atoms with Crippen molar-refractivity contribution < 1.29 is 22.7 Å². The van der Waals surface area contributed by atoms with Crippen molar-refractivity contribution in [2.45, 2.75) is 4.90 Å². The summed E-state index contributed by atoms with van der Waals surface area (Å²) in [6.45, 7) is -0.471. The maximum absolute atomic E-state index is 12.9. The molecule has 0 heterocycles. The standard InChI is InChI=1S/C22H18ClNO5S/c1-24(19-7-3-2-4-8-19)30(27,28)20-9-5-6-17(14-20)22(26)29-15-21(25)16-10-12-18(23)13-11-16/h2-14H,15H2,1H3. The number of para-hydroxylation sites is 1. The maximum atomic E-state index is 12.9. The molecule has 0 fully saturated rings. The van der Waals surface area contributed by atoms with Crippen molar-refractivity contribution in [3.63, 3.8) is 0 Å². The highest BCUT2D eigenvalue weighted by Gasteiger charge is 2.23. The summed E-state index contributed by atoms with van der Waals surface area (Å²) in [6.07, 6.45) is 0. The highest BCUT2D eigenvalue weighted by molar-refractivity contribution is 7.92. The second-order valence-electron chi connectivity index (χ2n) is 6.34. The van der Waals surface area contributed by atoms with Crippen molar-refractivity contribution in [2.24, 2.45) is 0 Å². The monoisotopic (exact) mass is 443 g/mol. The number of halogens is 1. The van der Waals surface area contributed by atoms with Gasteiger partial charge in [0, 0.05) is 17.6 Å². The fourth-order valence-corrected chi connectivity index (χ4v) is 4.02. The molecule has 0 spiro atoms. The molecule has 0 aliphatic rings. The van der Waals surface area contributed by atoms with Gasteiger partial charge in [-0.05, 0) is 54.6 Å². The van der Waals surface area contributed by atoms with Crippen LogP contribution in [0.25, 0.3) is 0 Å². The molecule has 0 aliphatic heterocycles. The van der Waals surface area contributed by atoms with Crippen LogP contribution in [-0.2, 0) is 14.8 Å². The van der Waals surface area contributed by atoms with Crippen LogP contribution in [0.2, 0.25) is 5.02 Å². The maximum Gasteiger partial charge on any atom is 0.338 e. The minimum Gasteiger partial charge on any atom is -0.454 e. The van der Waals surface area contributed by atoms with Crippen LogP contribution in [0.1, 0.15) is 20.7 Å². The van der Waals surface area contributed by atoms with Gasteiger partial charge in [-0.25, -0.2) is 13.2 Å². The average Bonchev–Trinajstić information content (AvgIpc) is 2.77. The number of anilines is 1. The van der Waals surface area contributed by atoms with Gasteiger partial charge in [0.05, 0.1) is 16.1 Å². The van der Waals surface area contributed by atoms with E-state index in [0.717, 1.165) is 4.31 Å². The third-order valence-electron chi connectivity index (χ3n) is 4.35. The zero-order chi connectivity index (χ0) is 21.7. The number of sulfonamides is 1. The molecule has 154 valence electrons. The number of ketones is 1.